The SMILES string of the molecule is CCC(=O)c1c(-n2ccc(C)cc2=O)oc2cc(N(C)S(C)(=O)=O)c(-c3ccc4c(n3)-c3cc5c(F)cccc5n3CC4)cc12.CNC(=O)c1c(-n2ccc(C)cc2=O)oc2cc(N(C)S(C)(=O)=O)c(B3OC(C)(C)C(C)(C)O3)cc12.Fc1cccc2c1cc1n2CCc2ccc(Cl)nc2-1. The molecule has 0 radical (unpaired) electrons. The Kier molecular flexibility index (Phi) is 17.4. The third kappa shape index (κ3) is 12.1. The first-order valence-electron chi connectivity index (χ1n) is 32.1. The number of hydrogen-bond acceptors (Lipinski definition) is 14. The second-order valence-corrected chi connectivity index (χ2v) is 30.5. The van der Waals surface area contributed by atoms with E-state index in [1.807, 2.05) is 68.7 Å². The number of aromatic nitrogens is 6. The summed E-state index contributed by atoms with van der Waals surface area (Å²) in [6.07, 6.45) is 7.00. The average Bonchev–Trinajstić information content (AvgIpc) is 1.58. The fraction of sp³-hybridized carbons (Fsp3) is 0.260. The van der Waals surface area contributed by atoms with Gasteiger partial charge >= 0.3 is 7.12 Å². The summed E-state index contributed by atoms with van der Waals surface area (Å²) < 4.78 is 113. The molecule has 0 spiro atoms. The lowest BCUT2D eigenvalue weighted by Gasteiger charge is -2.32. The van der Waals surface area contributed by atoms with Crippen LogP contribution in [0.1, 0.15) is 84.0 Å². The molecule has 1 fully saturated rings. The number of furan rings is 2. The van der Waals surface area contributed by atoms with E-state index in [9.17, 15) is 44.8 Å². The zero-order valence-corrected chi connectivity index (χ0v) is 59.1. The minimum atomic E-state index is -3.74. The number of fused-ring (bicyclic) bond motifs is 12. The Morgan fingerprint density at radius 3 is 1.61 bits per heavy atom. The maximum absolute atomic E-state index is 14.7. The van der Waals surface area contributed by atoms with Gasteiger partial charge in [0.2, 0.25) is 31.8 Å². The monoisotopic (exact) mass is 1410 g/mol. The van der Waals surface area contributed by atoms with Crippen molar-refractivity contribution >= 4 is 111 Å². The highest BCUT2D eigenvalue weighted by molar-refractivity contribution is 7.92. The molecule has 8 aromatic heterocycles. The summed E-state index contributed by atoms with van der Waals surface area (Å²) in [5, 5.41) is 5.03. The third-order valence-electron chi connectivity index (χ3n) is 19.1. The van der Waals surface area contributed by atoms with Crippen molar-refractivity contribution < 1.29 is 53.3 Å². The molecular weight excluding hydrogens is 1340 g/mol. The number of nitrogens with one attached hydrogen (secondary N) is 1. The number of carbonyl (C=O) groups is 2. The summed E-state index contributed by atoms with van der Waals surface area (Å²) >= 11 is 5.98. The fourth-order valence-electron chi connectivity index (χ4n) is 12.9. The van der Waals surface area contributed by atoms with E-state index in [0.717, 1.165) is 78.9 Å². The molecule has 0 aliphatic carbocycles. The number of Topliss-reactive ketones (excluding diaryl/α,β-unsaturated/α-hetero) is 1. The van der Waals surface area contributed by atoms with Gasteiger partial charge in [0.15, 0.2) is 5.78 Å². The smallest absolute Gasteiger partial charge is 0.439 e. The number of halogens is 3. The van der Waals surface area contributed by atoms with Gasteiger partial charge in [0.25, 0.3) is 17.0 Å². The van der Waals surface area contributed by atoms with Crippen molar-refractivity contribution in [3.8, 4) is 45.8 Å². The summed E-state index contributed by atoms with van der Waals surface area (Å²) in [6.45, 7) is 14.4. The topological polar surface area (TPSA) is 245 Å². The molecule has 12 aromatic rings. The highest BCUT2D eigenvalue weighted by Gasteiger charge is 2.53. The van der Waals surface area contributed by atoms with Crippen LogP contribution in [0.5, 0.6) is 0 Å². The van der Waals surface area contributed by atoms with Crippen molar-refractivity contribution in [1.29, 1.82) is 0 Å². The van der Waals surface area contributed by atoms with Gasteiger partial charge in [-0.2, -0.15) is 0 Å². The van der Waals surface area contributed by atoms with Crippen LogP contribution >= 0.6 is 11.6 Å². The summed E-state index contributed by atoms with van der Waals surface area (Å²) in [4.78, 5) is 61.6. The van der Waals surface area contributed by atoms with Crippen LogP contribution in [0.25, 0.3) is 89.5 Å². The molecular formula is C73H69BClF2N9O12S2. The first kappa shape index (κ1) is 68.5. The van der Waals surface area contributed by atoms with E-state index in [0.29, 0.717) is 62.1 Å². The Balaban J connectivity index is 0.000000145. The quantitative estimate of drug-likeness (QED) is 0.0719. The molecule has 3 aliphatic rings. The molecule has 1 saturated heterocycles. The zero-order chi connectivity index (χ0) is 71.6. The maximum atomic E-state index is 14.7. The number of anilines is 2. The number of ketones is 1. The highest BCUT2D eigenvalue weighted by atomic mass is 35.5. The third-order valence-corrected chi connectivity index (χ3v) is 21.7. The van der Waals surface area contributed by atoms with E-state index in [1.54, 1.807) is 81.6 Å². The molecule has 27 heteroatoms. The van der Waals surface area contributed by atoms with E-state index in [4.69, 9.17) is 34.7 Å². The lowest BCUT2D eigenvalue weighted by molar-refractivity contribution is 0.00578. The number of pyridine rings is 4. The molecule has 3 aliphatic heterocycles. The zero-order valence-electron chi connectivity index (χ0n) is 56.7. The van der Waals surface area contributed by atoms with Crippen LogP contribution in [-0.4, -0.2) is 109 Å². The Morgan fingerprint density at radius 2 is 1.11 bits per heavy atom. The molecule has 1 N–H and O–H groups in total. The number of nitrogens with zero attached hydrogens (tertiary/aromatic N) is 8. The standard InChI is InChI=1S/C34H29FN4O5S.C24H30BN3O7S.C15H10ClFN2/c1-5-29(40)32-23-16-22(25-10-9-20-12-14-38-26-8-6-7-24(35)21(26)17-28(38)33(20)36-25)27(37(3)45(4,42)43)18-30(23)44-34(32)39-13-11-19(2)15-31(39)41;1-14-9-10-28(19(29)11-14)22-20(21(30)26-6)15-12-16(25-34-23(2,3)24(4,5)35-25)17(13-18(15)33-22)27(7)36(8,31)32;16-14-5-4-9-6-7-19-12-3-1-2-11(17)10(12)8-13(19)15(9)18-14/h6-11,13,15-18H,5,12,14H2,1-4H3;9-13H,1-8H3,(H,26,30);1-5,8H,6-7H2. The van der Waals surface area contributed by atoms with Gasteiger partial charge in [0, 0.05) is 110 Å². The minimum absolute atomic E-state index is 0.0216. The molecule has 11 heterocycles. The first-order chi connectivity index (χ1) is 47.3. The van der Waals surface area contributed by atoms with E-state index >= 15 is 0 Å². The van der Waals surface area contributed by atoms with E-state index < -0.39 is 44.3 Å². The summed E-state index contributed by atoms with van der Waals surface area (Å²) in [6, 6.07) is 34.2. The van der Waals surface area contributed by atoms with Crippen LogP contribution < -0.4 is 30.5 Å². The van der Waals surface area contributed by atoms with Gasteiger partial charge in [-0.25, -0.2) is 35.6 Å². The summed E-state index contributed by atoms with van der Waals surface area (Å²) in [7, 11) is -4.00. The number of benzene rings is 4. The molecule has 514 valence electrons. The number of hydrogen-bond donors (Lipinski definition) is 1. The normalized spacial score (nSPS) is 14.4. The summed E-state index contributed by atoms with van der Waals surface area (Å²) in [5.41, 5.74) is 9.21. The number of rotatable bonds is 11. The first-order valence-corrected chi connectivity index (χ1v) is 36.2. The highest BCUT2D eigenvalue weighted by Crippen LogP contribution is 2.44. The second-order valence-electron chi connectivity index (χ2n) is 26.1. The van der Waals surface area contributed by atoms with Gasteiger partial charge in [-0.15, -0.1) is 0 Å². The second kappa shape index (κ2) is 25.3. The molecule has 0 atom stereocenters. The number of aryl methyl sites for hydroxylation is 6. The van der Waals surface area contributed by atoms with Crippen LogP contribution in [0.15, 0.2) is 152 Å². The lowest BCUT2D eigenvalue weighted by Crippen LogP contribution is -2.41. The molecule has 0 unspecified atom stereocenters. The van der Waals surface area contributed by atoms with Gasteiger partial charge in [0.05, 0.1) is 80.2 Å². The number of amides is 1. The van der Waals surface area contributed by atoms with Crippen molar-refractivity contribution in [3.05, 3.63) is 205 Å². The van der Waals surface area contributed by atoms with E-state index in [1.165, 1.54) is 72.4 Å². The predicted octanol–water partition coefficient (Wildman–Crippen LogP) is 12.3. The largest absolute Gasteiger partial charge is 0.497 e. The van der Waals surface area contributed by atoms with Crippen LogP contribution in [0.2, 0.25) is 5.15 Å². The molecule has 4 aromatic carbocycles. The summed E-state index contributed by atoms with van der Waals surface area (Å²) in [5.74, 6) is -1.13. The Bertz CT molecular complexity index is 5780. The van der Waals surface area contributed by atoms with E-state index in [-0.39, 0.29) is 80.4 Å². The number of carbonyl (C=O) groups excluding carboxylic acids is 2. The molecule has 0 bridgehead atoms. The van der Waals surface area contributed by atoms with Crippen molar-refractivity contribution in [2.24, 2.45) is 0 Å². The van der Waals surface area contributed by atoms with Crippen LogP contribution in [-0.2, 0) is 55.3 Å². The molecule has 100 heavy (non-hydrogen) atoms. The Labute approximate surface area is 579 Å². The predicted molar refractivity (Wildman–Crippen MR) is 385 cm³/mol. The van der Waals surface area contributed by atoms with Crippen molar-refractivity contribution in [3.63, 3.8) is 0 Å². The van der Waals surface area contributed by atoms with Crippen molar-refractivity contribution in [2.75, 3.05) is 42.3 Å². The molecule has 21 nitrogen and oxygen atoms in total. The van der Waals surface area contributed by atoms with Gasteiger partial charge < -0.3 is 32.6 Å². The fourth-order valence-corrected chi connectivity index (χ4v) is 14.1. The van der Waals surface area contributed by atoms with E-state index in [2.05, 4.69) is 14.9 Å². The van der Waals surface area contributed by atoms with Gasteiger partial charge in [-0.3, -0.25) is 36.9 Å². The Morgan fingerprint density at radius 1 is 0.630 bits per heavy atom. The number of sulfonamides is 2. The van der Waals surface area contributed by atoms with Crippen LogP contribution in [0.3, 0.4) is 0 Å². The van der Waals surface area contributed by atoms with Crippen molar-refractivity contribution in [2.45, 2.75) is 92.0 Å². The van der Waals surface area contributed by atoms with Gasteiger partial charge in [-0.05, 0) is 149 Å². The van der Waals surface area contributed by atoms with Gasteiger partial charge in [0.1, 0.15) is 33.5 Å². The average molecular weight is 1410 g/mol. The molecule has 15 rings (SSSR count). The minimum Gasteiger partial charge on any atom is -0.439 e. The van der Waals surface area contributed by atoms with Crippen molar-refractivity contribution in [1.82, 2.24) is 33.6 Å². The molecule has 0 saturated carbocycles. The Hall–Kier alpha value is -9.99. The van der Waals surface area contributed by atoms with Gasteiger partial charge in [-0.1, -0.05) is 42.8 Å². The molecule has 1 amide bonds. The lowest BCUT2D eigenvalue weighted by atomic mass is 9.77. The maximum Gasteiger partial charge on any atom is 0.497 e. The van der Waals surface area contributed by atoms with Crippen LogP contribution in [0, 0.1) is 25.5 Å². The van der Waals surface area contributed by atoms with Crippen LogP contribution in [0.4, 0.5) is 20.2 Å².